The average Bonchev–Trinajstić information content (AvgIpc) is 3.39. The second kappa shape index (κ2) is 7.01. The van der Waals surface area contributed by atoms with Crippen molar-refractivity contribution in [3.05, 3.63) is 115 Å². The van der Waals surface area contributed by atoms with E-state index in [9.17, 15) is 0 Å². The molecule has 0 spiro atoms. The fourth-order valence-electron chi connectivity index (χ4n) is 4.89. The van der Waals surface area contributed by atoms with Gasteiger partial charge in [0.2, 0.25) is 0 Å². The first kappa shape index (κ1) is 18.1. The molecule has 2 aromatic heterocycles. The third-order valence-electron chi connectivity index (χ3n) is 6.35. The molecule has 0 saturated heterocycles. The van der Waals surface area contributed by atoms with Gasteiger partial charge < -0.3 is 14.3 Å². The van der Waals surface area contributed by atoms with E-state index in [2.05, 4.69) is 107 Å². The van der Waals surface area contributed by atoms with Crippen LogP contribution in [0.5, 0.6) is 0 Å². The number of nitrogens with one attached hydrogen (secondary N) is 1. The molecule has 7 aromatic rings. The van der Waals surface area contributed by atoms with Crippen LogP contribution in [-0.4, -0.2) is 4.57 Å². The van der Waals surface area contributed by atoms with E-state index in [-0.39, 0.29) is 0 Å². The molecule has 3 nitrogen and oxygen atoms in total. The molecule has 0 unspecified atom stereocenters. The molecule has 0 aliphatic carbocycles. The minimum absolute atomic E-state index is 0.889. The number of furan rings is 1. The molecule has 0 aliphatic rings. The van der Waals surface area contributed by atoms with Gasteiger partial charge in [-0.15, -0.1) is 0 Å². The first-order valence-electron chi connectivity index (χ1n) is 11.1. The topological polar surface area (TPSA) is 30.1 Å². The van der Waals surface area contributed by atoms with Crippen molar-refractivity contribution in [1.82, 2.24) is 4.57 Å². The molecule has 33 heavy (non-hydrogen) atoms. The summed E-state index contributed by atoms with van der Waals surface area (Å²) in [6, 6.07) is 40.2. The molecule has 156 valence electrons. The Hall–Kier alpha value is -4.50. The zero-order valence-electron chi connectivity index (χ0n) is 17.8. The lowest BCUT2D eigenvalue weighted by atomic mass is 10.1. The van der Waals surface area contributed by atoms with Gasteiger partial charge in [0.05, 0.1) is 11.0 Å². The van der Waals surface area contributed by atoms with Gasteiger partial charge in [0.25, 0.3) is 0 Å². The molecular weight excluding hydrogens is 404 g/mol. The number of hydrogen-bond acceptors (Lipinski definition) is 2. The zero-order chi connectivity index (χ0) is 21.8. The fraction of sp³-hybridized carbons (Fsp3) is 0. The second-order valence-corrected chi connectivity index (χ2v) is 8.35. The molecule has 3 heteroatoms. The fourth-order valence-corrected chi connectivity index (χ4v) is 4.89. The summed E-state index contributed by atoms with van der Waals surface area (Å²) >= 11 is 0. The minimum atomic E-state index is 0.889. The summed E-state index contributed by atoms with van der Waals surface area (Å²) in [5.74, 6) is 0. The zero-order valence-corrected chi connectivity index (χ0v) is 17.8. The van der Waals surface area contributed by atoms with Gasteiger partial charge in [0.1, 0.15) is 11.2 Å². The van der Waals surface area contributed by atoms with Gasteiger partial charge >= 0.3 is 0 Å². The number of hydrogen-bond donors (Lipinski definition) is 1. The van der Waals surface area contributed by atoms with Gasteiger partial charge in [0.15, 0.2) is 0 Å². The molecule has 7 rings (SSSR count). The van der Waals surface area contributed by atoms with E-state index >= 15 is 0 Å². The summed E-state index contributed by atoms with van der Waals surface area (Å²) in [5.41, 5.74) is 7.38. The third kappa shape index (κ3) is 2.83. The predicted molar refractivity (Wildman–Crippen MR) is 138 cm³/mol. The highest BCUT2D eigenvalue weighted by atomic mass is 16.3. The van der Waals surface area contributed by atoms with Gasteiger partial charge in [-0.25, -0.2) is 0 Å². The Morgan fingerprint density at radius 2 is 1.12 bits per heavy atom. The Labute approximate surface area is 190 Å². The van der Waals surface area contributed by atoms with Gasteiger partial charge in [-0.2, -0.15) is 0 Å². The van der Waals surface area contributed by atoms with Crippen molar-refractivity contribution >= 4 is 55.1 Å². The molecule has 2 heterocycles. The lowest BCUT2D eigenvalue weighted by molar-refractivity contribution is 0.669. The highest BCUT2D eigenvalue weighted by Gasteiger charge is 2.12. The van der Waals surface area contributed by atoms with E-state index in [4.69, 9.17) is 4.42 Å². The SMILES string of the molecule is c1cc(Nc2ccc3c(c2)oc2ccccc23)cc(-n2c3ccccc3c3ccccc32)c1. The van der Waals surface area contributed by atoms with E-state index < -0.39 is 0 Å². The van der Waals surface area contributed by atoms with Crippen LogP contribution in [0, 0.1) is 0 Å². The standard InChI is InChI=1S/C30H20N2O/c1-4-13-27-23(10-1)24-11-2-5-14-28(24)32(27)22-9-7-8-20(18-22)31-21-16-17-26-25-12-3-6-15-29(25)33-30(26)19-21/h1-19,31H. The summed E-state index contributed by atoms with van der Waals surface area (Å²) in [5, 5.41) is 8.38. The normalized spacial score (nSPS) is 11.6. The number of rotatable bonds is 3. The summed E-state index contributed by atoms with van der Waals surface area (Å²) < 4.78 is 8.40. The van der Waals surface area contributed by atoms with Crippen LogP contribution < -0.4 is 5.32 Å². The predicted octanol–water partition coefficient (Wildman–Crippen LogP) is 8.43. The van der Waals surface area contributed by atoms with Gasteiger partial charge in [0, 0.05) is 44.7 Å². The largest absolute Gasteiger partial charge is 0.456 e. The summed E-state index contributed by atoms with van der Waals surface area (Å²) in [7, 11) is 0. The van der Waals surface area contributed by atoms with Crippen molar-refractivity contribution in [3.8, 4) is 5.69 Å². The van der Waals surface area contributed by atoms with Crippen molar-refractivity contribution < 1.29 is 4.42 Å². The number of aromatic nitrogens is 1. The highest BCUT2D eigenvalue weighted by molar-refractivity contribution is 6.09. The molecule has 0 radical (unpaired) electrons. The van der Waals surface area contributed by atoms with Crippen LogP contribution in [0.4, 0.5) is 11.4 Å². The van der Waals surface area contributed by atoms with Gasteiger partial charge in [-0.1, -0.05) is 60.7 Å². The quantitative estimate of drug-likeness (QED) is 0.308. The van der Waals surface area contributed by atoms with E-state index in [1.807, 2.05) is 18.2 Å². The monoisotopic (exact) mass is 424 g/mol. The third-order valence-corrected chi connectivity index (χ3v) is 6.35. The Bertz CT molecular complexity index is 1750. The van der Waals surface area contributed by atoms with E-state index in [1.54, 1.807) is 0 Å². The molecule has 5 aromatic carbocycles. The number of para-hydroxylation sites is 3. The van der Waals surface area contributed by atoms with Crippen LogP contribution in [0.3, 0.4) is 0 Å². The molecular formula is C30H20N2O. The van der Waals surface area contributed by atoms with Crippen LogP contribution in [0.2, 0.25) is 0 Å². The Morgan fingerprint density at radius 3 is 1.91 bits per heavy atom. The number of benzene rings is 5. The van der Waals surface area contributed by atoms with Crippen LogP contribution >= 0.6 is 0 Å². The molecule has 0 aliphatic heterocycles. The van der Waals surface area contributed by atoms with Gasteiger partial charge in [-0.3, -0.25) is 0 Å². The molecule has 0 fully saturated rings. The Kier molecular flexibility index (Phi) is 3.84. The van der Waals surface area contributed by atoms with E-state index in [0.717, 1.165) is 39.0 Å². The number of nitrogens with zero attached hydrogens (tertiary/aromatic N) is 1. The van der Waals surface area contributed by atoms with Crippen molar-refractivity contribution in [1.29, 1.82) is 0 Å². The van der Waals surface area contributed by atoms with Crippen molar-refractivity contribution in [2.45, 2.75) is 0 Å². The molecule has 0 saturated carbocycles. The van der Waals surface area contributed by atoms with Gasteiger partial charge in [-0.05, 0) is 48.5 Å². The molecule has 1 N–H and O–H groups in total. The lowest BCUT2D eigenvalue weighted by Crippen LogP contribution is -1.96. The Balaban J connectivity index is 1.33. The Morgan fingerprint density at radius 1 is 0.485 bits per heavy atom. The molecule has 0 amide bonds. The van der Waals surface area contributed by atoms with Crippen LogP contribution in [-0.2, 0) is 0 Å². The lowest BCUT2D eigenvalue weighted by Gasteiger charge is -2.11. The summed E-state index contributed by atoms with van der Waals surface area (Å²) in [6.07, 6.45) is 0. The maximum absolute atomic E-state index is 6.07. The van der Waals surface area contributed by atoms with E-state index in [1.165, 1.54) is 21.8 Å². The number of fused-ring (bicyclic) bond motifs is 6. The molecule has 0 bridgehead atoms. The maximum Gasteiger partial charge on any atom is 0.137 e. The second-order valence-electron chi connectivity index (χ2n) is 8.35. The summed E-state index contributed by atoms with van der Waals surface area (Å²) in [6.45, 7) is 0. The average molecular weight is 425 g/mol. The van der Waals surface area contributed by atoms with Crippen molar-refractivity contribution in [2.75, 3.05) is 5.32 Å². The first-order valence-corrected chi connectivity index (χ1v) is 11.1. The minimum Gasteiger partial charge on any atom is -0.456 e. The number of anilines is 2. The van der Waals surface area contributed by atoms with Crippen LogP contribution in [0.25, 0.3) is 49.4 Å². The summed E-state index contributed by atoms with van der Waals surface area (Å²) in [4.78, 5) is 0. The van der Waals surface area contributed by atoms with Crippen LogP contribution in [0.15, 0.2) is 120 Å². The van der Waals surface area contributed by atoms with Crippen molar-refractivity contribution in [3.63, 3.8) is 0 Å². The highest BCUT2D eigenvalue weighted by Crippen LogP contribution is 2.34. The van der Waals surface area contributed by atoms with Crippen LogP contribution in [0.1, 0.15) is 0 Å². The smallest absolute Gasteiger partial charge is 0.137 e. The molecule has 0 atom stereocenters. The maximum atomic E-state index is 6.07. The van der Waals surface area contributed by atoms with Crippen molar-refractivity contribution in [2.24, 2.45) is 0 Å². The van der Waals surface area contributed by atoms with E-state index in [0.29, 0.717) is 0 Å². The first-order chi connectivity index (χ1) is 16.3.